The first-order valence-corrected chi connectivity index (χ1v) is 9.72. The first-order valence-electron chi connectivity index (χ1n) is 9.72. The summed E-state index contributed by atoms with van der Waals surface area (Å²) in [7, 11) is 0. The molecule has 0 unspecified atom stereocenters. The predicted molar refractivity (Wildman–Crippen MR) is 115 cm³/mol. The molecule has 1 atom stereocenters. The Morgan fingerprint density at radius 2 is 1.61 bits per heavy atom. The second kappa shape index (κ2) is 8.79. The van der Waals surface area contributed by atoms with E-state index in [-0.39, 0.29) is 11.7 Å². The molecule has 0 bridgehead atoms. The van der Waals surface area contributed by atoms with Crippen LogP contribution >= 0.6 is 0 Å². The fourth-order valence-corrected chi connectivity index (χ4v) is 2.87. The van der Waals surface area contributed by atoms with Gasteiger partial charge in [-0.3, -0.25) is 4.79 Å². The van der Waals surface area contributed by atoms with Gasteiger partial charge in [-0.15, -0.1) is 0 Å². The molecular weight excluding hydrogens is 397 g/mol. The van der Waals surface area contributed by atoms with Gasteiger partial charge < -0.3 is 14.6 Å². The Hall–Kier alpha value is -4.00. The molecule has 4 aromatic rings. The second-order valence-corrected chi connectivity index (χ2v) is 7.07. The van der Waals surface area contributed by atoms with E-state index in [4.69, 9.17) is 9.26 Å². The van der Waals surface area contributed by atoms with E-state index in [9.17, 15) is 9.18 Å². The molecule has 1 heterocycles. The molecule has 0 saturated heterocycles. The van der Waals surface area contributed by atoms with Gasteiger partial charge in [0.25, 0.3) is 11.8 Å². The van der Waals surface area contributed by atoms with Crippen LogP contribution in [0.5, 0.6) is 5.75 Å². The van der Waals surface area contributed by atoms with Gasteiger partial charge in [0.1, 0.15) is 11.6 Å². The van der Waals surface area contributed by atoms with Crippen molar-refractivity contribution in [3.05, 3.63) is 84.2 Å². The summed E-state index contributed by atoms with van der Waals surface area (Å²) in [6.45, 7) is 3.64. The van der Waals surface area contributed by atoms with Gasteiger partial charge in [0.2, 0.25) is 5.82 Å². The Kier molecular flexibility index (Phi) is 5.75. The van der Waals surface area contributed by atoms with E-state index in [2.05, 4.69) is 15.5 Å². The second-order valence-electron chi connectivity index (χ2n) is 7.07. The Morgan fingerprint density at radius 3 is 2.29 bits per heavy atom. The molecule has 1 aromatic heterocycles. The minimum absolute atomic E-state index is 0.323. The number of ether oxygens (including phenoxy) is 1. The van der Waals surface area contributed by atoms with E-state index in [1.54, 1.807) is 31.2 Å². The van der Waals surface area contributed by atoms with E-state index in [0.717, 1.165) is 16.7 Å². The molecule has 0 fully saturated rings. The topological polar surface area (TPSA) is 77.2 Å². The van der Waals surface area contributed by atoms with Gasteiger partial charge >= 0.3 is 0 Å². The molecule has 6 nitrogen and oxygen atoms in total. The standard InChI is InChI=1S/C24H20FN3O3/c1-15-3-5-17(6-4-15)22-27-24(31-28-22)18-7-11-20(12-8-18)26-23(29)16(2)30-21-13-9-19(25)10-14-21/h3-14,16H,1-2H3,(H,26,29)/t16-/m1/s1. The Bertz CT molecular complexity index is 1170. The van der Waals surface area contributed by atoms with Crippen LogP contribution in [0, 0.1) is 12.7 Å². The van der Waals surface area contributed by atoms with E-state index < -0.39 is 6.10 Å². The predicted octanol–water partition coefficient (Wildman–Crippen LogP) is 5.26. The van der Waals surface area contributed by atoms with Crippen molar-refractivity contribution < 1.29 is 18.4 Å². The highest BCUT2D eigenvalue weighted by molar-refractivity contribution is 5.94. The number of amides is 1. The minimum atomic E-state index is -0.752. The van der Waals surface area contributed by atoms with Crippen molar-refractivity contribution in [2.45, 2.75) is 20.0 Å². The van der Waals surface area contributed by atoms with Crippen LogP contribution in [0.4, 0.5) is 10.1 Å². The van der Waals surface area contributed by atoms with Gasteiger partial charge in [-0.1, -0.05) is 35.0 Å². The van der Waals surface area contributed by atoms with Crippen molar-refractivity contribution in [3.8, 4) is 28.6 Å². The summed E-state index contributed by atoms with van der Waals surface area (Å²) in [5.74, 6) is 0.633. The van der Waals surface area contributed by atoms with Crippen molar-refractivity contribution in [1.82, 2.24) is 10.1 Å². The van der Waals surface area contributed by atoms with Crippen molar-refractivity contribution in [1.29, 1.82) is 0 Å². The molecule has 4 rings (SSSR count). The number of nitrogens with one attached hydrogen (secondary N) is 1. The highest BCUT2D eigenvalue weighted by Crippen LogP contribution is 2.24. The summed E-state index contributed by atoms with van der Waals surface area (Å²) in [6.07, 6.45) is -0.752. The molecule has 7 heteroatoms. The number of rotatable bonds is 6. The molecule has 1 amide bonds. The maximum atomic E-state index is 13.0. The first kappa shape index (κ1) is 20.3. The number of carbonyl (C=O) groups is 1. The van der Waals surface area contributed by atoms with Crippen molar-refractivity contribution in [2.75, 3.05) is 5.32 Å². The van der Waals surface area contributed by atoms with E-state index in [1.807, 2.05) is 31.2 Å². The van der Waals surface area contributed by atoms with Crippen LogP contribution in [0.3, 0.4) is 0 Å². The number of benzene rings is 3. The fourth-order valence-electron chi connectivity index (χ4n) is 2.87. The van der Waals surface area contributed by atoms with E-state index >= 15 is 0 Å². The van der Waals surface area contributed by atoms with Crippen LogP contribution in [0.1, 0.15) is 12.5 Å². The van der Waals surface area contributed by atoms with Gasteiger partial charge in [-0.25, -0.2) is 4.39 Å². The molecule has 0 aliphatic heterocycles. The molecule has 3 aromatic carbocycles. The lowest BCUT2D eigenvalue weighted by Crippen LogP contribution is -2.30. The molecular formula is C24H20FN3O3. The van der Waals surface area contributed by atoms with Crippen molar-refractivity contribution >= 4 is 11.6 Å². The summed E-state index contributed by atoms with van der Waals surface area (Å²) in [4.78, 5) is 16.8. The monoisotopic (exact) mass is 417 g/mol. The Morgan fingerprint density at radius 1 is 0.968 bits per heavy atom. The quantitative estimate of drug-likeness (QED) is 0.463. The van der Waals surface area contributed by atoms with Crippen LogP contribution in [-0.4, -0.2) is 22.2 Å². The van der Waals surface area contributed by atoms with Crippen molar-refractivity contribution in [3.63, 3.8) is 0 Å². The van der Waals surface area contributed by atoms with Crippen LogP contribution in [-0.2, 0) is 4.79 Å². The zero-order valence-corrected chi connectivity index (χ0v) is 17.0. The summed E-state index contributed by atoms with van der Waals surface area (Å²) in [5.41, 5.74) is 3.36. The number of nitrogens with zero attached hydrogens (tertiary/aromatic N) is 2. The lowest BCUT2D eigenvalue weighted by molar-refractivity contribution is -0.122. The van der Waals surface area contributed by atoms with Gasteiger partial charge in [0.15, 0.2) is 6.10 Å². The number of aromatic nitrogens is 2. The summed E-state index contributed by atoms with van der Waals surface area (Å²) in [6, 6.07) is 20.4. The average Bonchev–Trinajstić information content (AvgIpc) is 3.26. The smallest absolute Gasteiger partial charge is 0.265 e. The maximum absolute atomic E-state index is 13.0. The molecule has 156 valence electrons. The zero-order chi connectivity index (χ0) is 21.8. The average molecular weight is 417 g/mol. The van der Waals surface area contributed by atoms with Gasteiger partial charge in [0, 0.05) is 16.8 Å². The highest BCUT2D eigenvalue weighted by Gasteiger charge is 2.16. The minimum Gasteiger partial charge on any atom is -0.481 e. The molecule has 0 radical (unpaired) electrons. The molecule has 0 aliphatic rings. The van der Waals surface area contributed by atoms with Crippen LogP contribution < -0.4 is 10.1 Å². The number of carbonyl (C=O) groups excluding carboxylic acids is 1. The maximum Gasteiger partial charge on any atom is 0.265 e. The molecule has 31 heavy (non-hydrogen) atoms. The molecule has 0 spiro atoms. The third-order valence-corrected chi connectivity index (χ3v) is 4.63. The fraction of sp³-hybridized carbons (Fsp3) is 0.125. The number of aryl methyl sites for hydroxylation is 1. The normalized spacial score (nSPS) is 11.7. The third-order valence-electron chi connectivity index (χ3n) is 4.63. The third kappa shape index (κ3) is 4.95. The SMILES string of the molecule is Cc1ccc(-c2noc(-c3ccc(NC(=O)[C@@H](C)Oc4ccc(F)cc4)cc3)n2)cc1. The van der Waals surface area contributed by atoms with Crippen molar-refractivity contribution in [2.24, 2.45) is 0 Å². The number of halogens is 1. The highest BCUT2D eigenvalue weighted by atomic mass is 19.1. The first-order chi connectivity index (χ1) is 15.0. The number of anilines is 1. The Labute approximate surface area is 178 Å². The Balaban J connectivity index is 1.39. The van der Waals surface area contributed by atoms with Gasteiger partial charge in [-0.05, 0) is 62.4 Å². The van der Waals surface area contributed by atoms with E-state index in [1.165, 1.54) is 24.3 Å². The summed E-state index contributed by atoms with van der Waals surface area (Å²) >= 11 is 0. The van der Waals surface area contributed by atoms with Crippen LogP contribution in [0.2, 0.25) is 0 Å². The summed E-state index contributed by atoms with van der Waals surface area (Å²) < 4.78 is 23.9. The largest absolute Gasteiger partial charge is 0.481 e. The molecule has 0 saturated carbocycles. The van der Waals surface area contributed by atoms with Gasteiger partial charge in [0.05, 0.1) is 0 Å². The van der Waals surface area contributed by atoms with Crippen LogP contribution in [0.25, 0.3) is 22.8 Å². The lowest BCUT2D eigenvalue weighted by Gasteiger charge is -2.14. The number of hydrogen-bond donors (Lipinski definition) is 1. The lowest BCUT2D eigenvalue weighted by atomic mass is 10.1. The van der Waals surface area contributed by atoms with Gasteiger partial charge in [-0.2, -0.15) is 4.98 Å². The molecule has 1 N–H and O–H groups in total. The summed E-state index contributed by atoms with van der Waals surface area (Å²) in [5, 5.41) is 6.82. The van der Waals surface area contributed by atoms with E-state index in [0.29, 0.717) is 23.2 Å². The van der Waals surface area contributed by atoms with Crippen LogP contribution in [0.15, 0.2) is 77.3 Å². The number of hydrogen-bond acceptors (Lipinski definition) is 5. The zero-order valence-electron chi connectivity index (χ0n) is 17.0. The molecule has 0 aliphatic carbocycles.